The summed E-state index contributed by atoms with van der Waals surface area (Å²) in [4.78, 5) is 11.7. The highest BCUT2D eigenvalue weighted by atomic mass is 16.2. The first-order valence-corrected chi connectivity index (χ1v) is 7.02. The summed E-state index contributed by atoms with van der Waals surface area (Å²) in [5.41, 5.74) is 5.84. The monoisotopic (exact) mass is 240 g/mol. The normalized spacial score (nSPS) is 26.9. The average molecular weight is 240 g/mol. The first-order chi connectivity index (χ1) is 7.99. The van der Waals surface area contributed by atoms with E-state index in [1.54, 1.807) is 0 Å². The van der Waals surface area contributed by atoms with Crippen molar-refractivity contribution in [2.75, 3.05) is 6.54 Å². The van der Waals surface area contributed by atoms with Crippen LogP contribution in [0.1, 0.15) is 52.9 Å². The highest BCUT2D eigenvalue weighted by Crippen LogP contribution is 2.27. The molecule has 0 aliphatic heterocycles. The predicted molar refractivity (Wildman–Crippen MR) is 71.6 cm³/mol. The zero-order valence-electron chi connectivity index (χ0n) is 11.5. The van der Waals surface area contributed by atoms with Crippen LogP contribution < -0.4 is 11.1 Å². The summed E-state index contributed by atoms with van der Waals surface area (Å²) in [5, 5.41) is 3.01. The second-order valence-electron chi connectivity index (χ2n) is 6.11. The highest BCUT2D eigenvalue weighted by Gasteiger charge is 2.20. The number of carbonyl (C=O) groups is 1. The SMILES string of the molecule is CC(C)CC(N)C(=O)NCC1CCC(C)CC1. The van der Waals surface area contributed by atoms with Crippen LogP contribution in [0.4, 0.5) is 0 Å². The van der Waals surface area contributed by atoms with Gasteiger partial charge in [0.05, 0.1) is 6.04 Å². The third kappa shape index (κ3) is 5.53. The van der Waals surface area contributed by atoms with Gasteiger partial charge in [0.1, 0.15) is 0 Å². The molecule has 1 fully saturated rings. The Labute approximate surface area is 106 Å². The summed E-state index contributed by atoms with van der Waals surface area (Å²) in [6.45, 7) is 7.32. The van der Waals surface area contributed by atoms with Crippen LogP contribution in [0, 0.1) is 17.8 Å². The molecule has 1 rings (SSSR count). The number of rotatable bonds is 5. The molecule has 1 aliphatic carbocycles. The fourth-order valence-corrected chi connectivity index (χ4v) is 2.52. The molecule has 1 aliphatic rings. The average Bonchev–Trinajstić information content (AvgIpc) is 2.27. The standard InChI is InChI=1S/C14H28N2O/c1-10(2)8-13(15)14(17)16-9-12-6-4-11(3)5-7-12/h10-13H,4-9,15H2,1-3H3,(H,16,17). The fourth-order valence-electron chi connectivity index (χ4n) is 2.52. The minimum absolute atomic E-state index is 0.0253. The Hall–Kier alpha value is -0.570. The van der Waals surface area contributed by atoms with E-state index in [1.165, 1.54) is 25.7 Å². The summed E-state index contributed by atoms with van der Waals surface area (Å²) in [7, 11) is 0. The van der Waals surface area contributed by atoms with Gasteiger partial charge in [0.25, 0.3) is 0 Å². The van der Waals surface area contributed by atoms with Crippen LogP contribution in [-0.2, 0) is 4.79 Å². The molecule has 0 aromatic rings. The van der Waals surface area contributed by atoms with Crippen molar-refractivity contribution in [3.63, 3.8) is 0 Å². The summed E-state index contributed by atoms with van der Waals surface area (Å²) in [6, 6.07) is -0.336. The smallest absolute Gasteiger partial charge is 0.236 e. The zero-order valence-corrected chi connectivity index (χ0v) is 11.5. The molecule has 3 N–H and O–H groups in total. The fraction of sp³-hybridized carbons (Fsp3) is 0.929. The van der Waals surface area contributed by atoms with E-state index >= 15 is 0 Å². The zero-order chi connectivity index (χ0) is 12.8. The topological polar surface area (TPSA) is 55.1 Å². The summed E-state index contributed by atoms with van der Waals surface area (Å²) < 4.78 is 0. The van der Waals surface area contributed by atoms with Crippen molar-refractivity contribution >= 4 is 5.91 Å². The lowest BCUT2D eigenvalue weighted by molar-refractivity contribution is -0.122. The quantitative estimate of drug-likeness (QED) is 0.774. The van der Waals surface area contributed by atoms with Crippen molar-refractivity contribution in [1.82, 2.24) is 5.32 Å². The lowest BCUT2D eigenvalue weighted by Crippen LogP contribution is -2.43. The van der Waals surface area contributed by atoms with E-state index in [4.69, 9.17) is 5.73 Å². The van der Waals surface area contributed by atoms with Gasteiger partial charge >= 0.3 is 0 Å². The summed E-state index contributed by atoms with van der Waals surface area (Å²) >= 11 is 0. The van der Waals surface area contributed by atoms with E-state index in [1.807, 2.05) is 0 Å². The van der Waals surface area contributed by atoms with Gasteiger partial charge in [-0.2, -0.15) is 0 Å². The molecule has 1 amide bonds. The molecule has 0 radical (unpaired) electrons. The van der Waals surface area contributed by atoms with Gasteiger partial charge in [-0.25, -0.2) is 0 Å². The molecule has 0 heterocycles. The predicted octanol–water partition coefficient (Wildman–Crippen LogP) is 2.30. The molecule has 1 atom stereocenters. The number of amides is 1. The Kier molecular flexibility index (Phi) is 5.96. The molecule has 3 nitrogen and oxygen atoms in total. The van der Waals surface area contributed by atoms with Crippen molar-refractivity contribution in [1.29, 1.82) is 0 Å². The van der Waals surface area contributed by atoms with Gasteiger partial charge in [-0.1, -0.05) is 33.6 Å². The summed E-state index contributed by atoms with van der Waals surface area (Å²) in [6.07, 6.45) is 5.88. The van der Waals surface area contributed by atoms with Crippen LogP contribution in [-0.4, -0.2) is 18.5 Å². The minimum atomic E-state index is -0.336. The van der Waals surface area contributed by atoms with Crippen molar-refractivity contribution in [2.45, 2.75) is 58.9 Å². The highest BCUT2D eigenvalue weighted by molar-refractivity contribution is 5.81. The number of hydrogen-bond acceptors (Lipinski definition) is 2. The maximum Gasteiger partial charge on any atom is 0.236 e. The Bertz CT molecular complexity index is 232. The molecule has 0 bridgehead atoms. The minimum Gasteiger partial charge on any atom is -0.354 e. The van der Waals surface area contributed by atoms with Crippen LogP contribution in [0.2, 0.25) is 0 Å². The van der Waals surface area contributed by atoms with Crippen molar-refractivity contribution in [2.24, 2.45) is 23.5 Å². The number of hydrogen-bond donors (Lipinski definition) is 2. The first kappa shape index (κ1) is 14.5. The lowest BCUT2D eigenvalue weighted by atomic mass is 9.83. The molecule has 0 spiro atoms. The van der Waals surface area contributed by atoms with Crippen molar-refractivity contribution in [3.05, 3.63) is 0 Å². The van der Waals surface area contributed by atoms with E-state index in [2.05, 4.69) is 26.1 Å². The molecule has 0 saturated heterocycles. The molecule has 0 aromatic carbocycles. The molecule has 0 aromatic heterocycles. The molecule has 100 valence electrons. The molecule has 17 heavy (non-hydrogen) atoms. The number of carbonyl (C=O) groups excluding carboxylic acids is 1. The maximum atomic E-state index is 11.7. The molecule has 1 saturated carbocycles. The number of nitrogens with one attached hydrogen (secondary N) is 1. The Morgan fingerprint density at radius 2 is 1.88 bits per heavy atom. The largest absolute Gasteiger partial charge is 0.354 e. The van der Waals surface area contributed by atoms with Gasteiger partial charge < -0.3 is 11.1 Å². The second-order valence-corrected chi connectivity index (χ2v) is 6.11. The van der Waals surface area contributed by atoms with Gasteiger partial charge in [-0.3, -0.25) is 4.79 Å². The molecule has 1 unspecified atom stereocenters. The first-order valence-electron chi connectivity index (χ1n) is 7.02. The van der Waals surface area contributed by atoms with Crippen LogP contribution in [0.5, 0.6) is 0 Å². The number of nitrogens with two attached hydrogens (primary N) is 1. The molecular weight excluding hydrogens is 212 g/mol. The van der Waals surface area contributed by atoms with Crippen molar-refractivity contribution in [3.8, 4) is 0 Å². The van der Waals surface area contributed by atoms with Crippen LogP contribution in [0.3, 0.4) is 0 Å². The second kappa shape index (κ2) is 7.00. The van der Waals surface area contributed by atoms with E-state index in [-0.39, 0.29) is 11.9 Å². The lowest BCUT2D eigenvalue weighted by Gasteiger charge is -2.26. The van der Waals surface area contributed by atoms with Crippen LogP contribution in [0.25, 0.3) is 0 Å². The maximum absolute atomic E-state index is 11.7. The van der Waals surface area contributed by atoms with Gasteiger partial charge in [-0.15, -0.1) is 0 Å². The van der Waals surface area contributed by atoms with E-state index in [0.29, 0.717) is 11.8 Å². The van der Waals surface area contributed by atoms with Crippen LogP contribution in [0.15, 0.2) is 0 Å². The van der Waals surface area contributed by atoms with Gasteiger partial charge in [0, 0.05) is 6.54 Å². The van der Waals surface area contributed by atoms with E-state index in [9.17, 15) is 4.79 Å². The van der Waals surface area contributed by atoms with E-state index < -0.39 is 0 Å². The third-order valence-electron chi connectivity index (χ3n) is 3.76. The summed E-state index contributed by atoms with van der Waals surface area (Å²) in [5.74, 6) is 2.04. The third-order valence-corrected chi connectivity index (χ3v) is 3.76. The molecule has 3 heteroatoms. The van der Waals surface area contributed by atoms with E-state index in [0.717, 1.165) is 18.9 Å². The Morgan fingerprint density at radius 3 is 2.41 bits per heavy atom. The van der Waals surface area contributed by atoms with Gasteiger partial charge in [0.15, 0.2) is 0 Å². The van der Waals surface area contributed by atoms with Gasteiger partial charge in [0.2, 0.25) is 5.91 Å². The molecular formula is C14H28N2O. The van der Waals surface area contributed by atoms with Crippen molar-refractivity contribution < 1.29 is 4.79 Å². The Balaban J connectivity index is 2.19. The van der Waals surface area contributed by atoms with Gasteiger partial charge in [-0.05, 0) is 37.0 Å². The van der Waals surface area contributed by atoms with Crippen LogP contribution >= 0.6 is 0 Å². The Morgan fingerprint density at radius 1 is 1.29 bits per heavy atom.